The Labute approximate surface area is 245 Å². The minimum Gasteiger partial charge on any atom is -0.484 e. The van der Waals surface area contributed by atoms with Crippen LogP contribution in [0, 0.1) is 6.92 Å². The summed E-state index contributed by atoms with van der Waals surface area (Å²) in [5.74, 6) is -0.233. The summed E-state index contributed by atoms with van der Waals surface area (Å²) in [6, 6.07) is 19.7. The second-order valence-electron chi connectivity index (χ2n) is 9.85. The summed E-state index contributed by atoms with van der Waals surface area (Å²) in [6.07, 6.45) is 6.96. The Hall–Kier alpha value is -3.89. The number of benzene rings is 3. The van der Waals surface area contributed by atoms with E-state index in [1.165, 1.54) is 36.9 Å². The number of amides is 2. The maximum absolute atomic E-state index is 13.4. The van der Waals surface area contributed by atoms with Crippen molar-refractivity contribution in [2.24, 2.45) is 5.10 Å². The first-order valence-corrected chi connectivity index (χ1v) is 15.2. The highest BCUT2D eigenvalue weighted by Crippen LogP contribution is 2.25. The van der Waals surface area contributed by atoms with E-state index in [9.17, 15) is 18.0 Å². The highest BCUT2D eigenvalue weighted by atomic mass is 35.5. The number of nitrogens with one attached hydrogen (secondary N) is 2. The number of anilines is 1. The van der Waals surface area contributed by atoms with Crippen molar-refractivity contribution >= 4 is 45.3 Å². The third-order valence-electron chi connectivity index (χ3n) is 6.63. The van der Waals surface area contributed by atoms with Gasteiger partial charge in [-0.1, -0.05) is 48.6 Å². The van der Waals surface area contributed by atoms with Crippen LogP contribution in [0.4, 0.5) is 5.69 Å². The molecule has 1 aliphatic rings. The number of ether oxygens (including phenoxy) is 1. The van der Waals surface area contributed by atoms with Crippen LogP contribution in [0.1, 0.15) is 43.2 Å². The van der Waals surface area contributed by atoms with Gasteiger partial charge >= 0.3 is 0 Å². The molecule has 216 valence electrons. The molecule has 11 heteroatoms. The van der Waals surface area contributed by atoms with E-state index >= 15 is 0 Å². The Balaban J connectivity index is 1.33. The third kappa shape index (κ3) is 8.80. The number of sulfonamides is 1. The van der Waals surface area contributed by atoms with Crippen molar-refractivity contribution in [3.8, 4) is 5.75 Å². The quantitative estimate of drug-likeness (QED) is 0.243. The molecule has 0 aliphatic heterocycles. The Morgan fingerprint density at radius 3 is 2.27 bits per heavy atom. The summed E-state index contributed by atoms with van der Waals surface area (Å²) < 4.78 is 33.4. The molecule has 3 aromatic rings. The molecule has 1 aliphatic carbocycles. The molecule has 0 atom stereocenters. The smallest absolute Gasteiger partial charge is 0.264 e. The SMILES string of the molecule is Cc1ccc(S(=O)(=O)N(CC(=O)NN=Cc2ccc(OCC(=O)NC3CCCCC3)cc2)c2ccc(Cl)cc2)cc1. The van der Waals surface area contributed by atoms with Gasteiger partial charge < -0.3 is 10.1 Å². The van der Waals surface area contributed by atoms with E-state index in [0.717, 1.165) is 35.6 Å². The minimum atomic E-state index is -4.05. The topological polar surface area (TPSA) is 117 Å². The average molecular weight is 597 g/mol. The lowest BCUT2D eigenvalue weighted by molar-refractivity contribution is -0.124. The lowest BCUT2D eigenvalue weighted by Crippen LogP contribution is -2.39. The summed E-state index contributed by atoms with van der Waals surface area (Å²) in [6.45, 7) is 1.30. The van der Waals surface area contributed by atoms with Crippen LogP contribution >= 0.6 is 11.6 Å². The van der Waals surface area contributed by atoms with Crippen molar-refractivity contribution in [1.29, 1.82) is 0 Å². The predicted octanol–water partition coefficient (Wildman–Crippen LogP) is 4.82. The molecule has 3 aromatic carbocycles. The highest BCUT2D eigenvalue weighted by Gasteiger charge is 2.27. The number of hydrogen-bond donors (Lipinski definition) is 2. The predicted molar refractivity (Wildman–Crippen MR) is 160 cm³/mol. The average Bonchev–Trinajstić information content (AvgIpc) is 2.97. The van der Waals surface area contributed by atoms with Gasteiger partial charge in [0.15, 0.2) is 6.61 Å². The van der Waals surface area contributed by atoms with E-state index in [1.54, 1.807) is 48.5 Å². The molecule has 0 bridgehead atoms. The van der Waals surface area contributed by atoms with Gasteiger partial charge in [0.1, 0.15) is 12.3 Å². The second-order valence-corrected chi connectivity index (χ2v) is 12.2. The number of carbonyl (C=O) groups excluding carboxylic acids is 2. The Kier molecular flexibility index (Phi) is 10.4. The van der Waals surface area contributed by atoms with E-state index in [-0.39, 0.29) is 29.1 Å². The second kappa shape index (κ2) is 14.1. The fourth-order valence-electron chi connectivity index (χ4n) is 4.42. The summed E-state index contributed by atoms with van der Waals surface area (Å²) in [5, 5.41) is 7.42. The summed E-state index contributed by atoms with van der Waals surface area (Å²) in [4.78, 5) is 25.0. The Bertz CT molecular complexity index is 1450. The number of carbonyl (C=O) groups is 2. The van der Waals surface area contributed by atoms with Gasteiger partial charge in [0.25, 0.3) is 21.8 Å². The number of hydrogen-bond acceptors (Lipinski definition) is 6. The number of rotatable bonds is 11. The molecule has 4 rings (SSSR count). The van der Waals surface area contributed by atoms with Gasteiger partial charge in [-0.2, -0.15) is 5.10 Å². The zero-order chi connectivity index (χ0) is 29.2. The van der Waals surface area contributed by atoms with Crippen LogP contribution in [0.5, 0.6) is 5.75 Å². The first-order valence-electron chi connectivity index (χ1n) is 13.4. The molecule has 0 spiro atoms. The molecular weight excluding hydrogens is 564 g/mol. The molecule has 41 heavy (non-hydrogen) atoms. The minimum absolute atomic E-state index is 0.0585. The van der Waals surface area contributed by atoms with E-state index in [1.807, 2.05) is 6.92 Å². The molecule has 9 nitrogen and oxygen atoms in total. The number of hydrazone groups is 1. The molecule has 0 aromatic heterocycles. The fourth-order valence-corrected chi connectivity index (χ4v) is 5.97. The van der Waals surface area contributed by atoms with Crippen molar-refractivity contribution in [3.05, 3.63) is 88.9 Å². The van der Waals surface area contributed by atoms with Crippen LogP contribution in [0.2, 0.25) is 5.02 Å². The number of aryl methyl sites for hydroxylation is 1. The van der Waals surface area contributed by atoms with E-state index in [0.29, 0.717) is 16.3 Å². The molecule has 1 saturated carbocycles. The van der Waals surface area contributed by atoms with Gasteiger partial charge in [0.05, 0.1) is 16.8 Å². The van der Waals surface area contributed by atoms with Crippen LogP contribution in [0.15, 0.2) is 82.8 Å². The third-order valence-corrected chi connectivity index (χ3v) is 8.67. The number of halogens is 1. The van der Waals surface area contributed by atoms with Gasteiger partial charge in [0, 0.05) is 11.1 Å². The summed E-state index contributed by atoms with van der Waals surface area (Å²) in [7, 11) is -4.05. The molecular formula is C30H33ClN4O5S. The zero-order valence-corrected chi connectivity index (χ0v) is 24.3. The van der Waals surface area contributed by atoms with Crippen LogP contribution in [0.3, 0.4) is 0 Å². The van der Waals surface area contributed by atoms with Crippen molar-refractivity contribution in [1.82, 2.24) is 10.7 Å². The maximum Gasteiger partial charge on any atom is 0.264 e. The van der Waals surface area contributed by atoms with E-state index in [2.05, 4.69) is 15.8 Å². The molecule has 2 amide bonds. The lowest BCUT2D eigenvalue weighted by atomic mass is 9.95. The van der Waals surface area contributed by atoms with Gasteiger partial charge in [0.2, 0.25) is 0 Å². The zero-order valence-electron chi connectivity index (χ0n) is 22.8. The largest absolute Gasteiger partial charge is 0.484 e. The highest BCUT2D eigenvalue weighted by molar-refractivity contribution is 7.92. The molecule has 0 saturated heterocycles. The molecule has 2 N–H and O–H groups in total. The Morgan fingerprint density at radius 1 is 0.951 bits per heavy atom. The summed E-state index contributed by atoms with van der Waals surface area (Å²) >= 11 is 5.98. The lowest BCUT2D eigenvalue weighted by Gasteiger charge is -2.23. The van der Waals surface area contributed by atoms with Crippen LogP contribution in [0.25, 0.3) is 0 Å². The fraction of sp³-hybridized carbons (Fsp3) is 0.300. The first kappa shape index (κ1) is 30.1. The van der Waals surface area contributed by atoms with Gasteiger partial charge in [-0.15, -0.1) is 0 Å². The van der Waals surface area contributed by atoms with Crippen molar-refractivity contribution in [3.63, 3.8) is 0 Å². The standard InChI is InChI=1S/C30H33ClN4O5S/c1-22-7-17-28(18-8-22)41(38,39)35(26-13-11-24(31)12-14-26)20-29(36)34-32-19-23-9-15-27(16-10-23)40-21-30(37)33-25-5-3-2-4-6-25/h7-19,25H,2-6,20-21H2,1H3,(H,33,37)(H,34,36). The number of nitrogens with zero attached hydrogens (tertiary/aromatic N) is 2. The van der Waals surface area contributed by atoms with Crippen molar-refractivity contribution in [2.75, 3.05) is 17.5 Å². The van der Waals surface area contributed by atoms with Crippen molar-refractivity contribution < 1.29 is 22.7 Å². The monoisotopic (exact) mass is 596 g/mol. The van der Waals surface area contributed by atoms with Gasteiger partial charge in [-0.05, 0) is 86.0 Å². The Morgan fingerprint density at radius 2 is 1.61 bits per heavy atom. The van der Waals surface area contributed by atoms with Gasteiger partial charge in [-0.25, -0.2) is 13.8 Å². The molecule has 0 radical (unpaired) electrons. The summed E-state index contributed by atoms with van der Waals surface area (Å²) in [5.41, 5.74) is 4.26. The van der Waals surface area contributed by atoms with E-state index < -0.39 is 22.5 Å². The van der Waals surface area contributed by atoms with Crippen LogP contribution in [-0.4, -0.2) is 45.6 Å². The van der Waals surface area contributed by atoms with Crippen LogP contribution < -0.4 is 19.8 Å². The molecule has 0 heterocycles. The van der Waals surface area contributed by atoms with Crippen LogP contribution in [-0.2, 0) is 19.6 Å². The molecule has 1 fully saturated rings. The first-order chi connectivity index (χ1) is 19.7. The van der Waals surface area contributed by atoms with Gasteiger partial charge in [-0.3, -0.25) is 13.9 Å². The van der Waals surface area contributed by atoms with E-state index in [4.69, 9.17) is 16.3 Å². The molecule has 0 unspecified atom stereocenters. The van der Waals surface area contributed by atoms with Crippen molar-refractivity contribution in [2.45, 2.75) is 50.0 Å². The normalized spacial score (nSPS) is 14.0. The maximum atomic E-state index is 13.4.